The fourth-order valence-corrected chi connectivity index (χ4v) is 3.20. The molecule has 1 unspecified atom stereocenters. The molecule has 4 heteroatoms. The van der Waals surface area contributed by atoms with Crippen LogP contribution in [0.25, 0.3) is 10.1 Å². The molecule has 0 amide bonds. The molecular weight excluding hydrogens is 240 g/mol. The van der Waals surface area contributed by atoms with Crippen molar-refractivity contribution in [3.05, 3.63) is 34.7 Å². The maximum absolute atomic E-state index is 12.2. The molecule has 1 nitrogen and oxygen atoms in total. The number of nitrogens with one attached hydrogen (secondary N) is 1. The van der Waals surface area contributed by atoms with E-state index in [-0.39, 0.29) is 12.6 Å². The van der Waals surface area contributed by atoms with E-state index in [9.17, 15) is 8.78 Å². The predicted molar refractivity (Wildman–Crippen MR) is 69.0 cm³/mol. The molecule has 0 aliphatic heterocycles. The Bertz CT molecular complexity index is 507. The van der Waals surface area contributed by atoms with Crippen LogP contribution in [0, 0.1) is 6.92 Å². The molecule has 0 saturated heterocycles. The highest BCUT2D eigenvalue weighted by molar-refractivity contribution is 7.19. The fourth-order valence-electron chi connectivity index (χ4n) is 1.96. The highest BCUT2D eigenvalue weighted by Crippen LogP contribution is 2.34. The number of halogens is 2. The van der Waals surface area contributed by atoms with Gasteiger partial charge in [0.25, 0.3) is 6.43 Å². The summed E-state index contributed by atoms with van der Waals surface area (Å²) in [5, 5.41) is 4.08. The van der Waals surface area contributed by atoms with E-state index >= 15 is 0 Å². The summed E-state index contributed by atoms with van der Waals surface area (Å²) in [5.74, 6) is 0. The largest absolute Gasteiger partial charge is 0.304 e. The molecular formula is C13H15F2NS. The van der Waals surface area contributed by atoms with Crippen molar-refractivity contribution in [1.29, 1.82) is 0 Å². The molecule has 2 rings (SSSR count). The van der Waals surface area contributed by atoms with Crippen molar-refractivity contribution in [2.75, 3.05) is 6.54 Å². The lowest BCUT2D eigenvalue weighted by molar-refractivity contribution is 0.142. The Kier molecular flexibility index (Phi) is 3.74. The van der Waals surface area contributed by atoms with E-state index in [0.29, 0.717) is 0 Å². The van der Waals surface area contributed by atoms with Gasteiger partial charge in [0, 0.05) is 15.6 Å². The first-order chi connectivity index (χ1) is 8.09. The average molecular weight is 255 g/mol. The summed E-state index contributed by atoms with van der Waals surface area (Å²) in [4.78, 5) is 1.15. The summed E-state index contributed by atoms with van der Waals surface area (Å²) in [5.41, 5.74) is 1.19. The van der Waals surface area contributed by atoms with Crippen LogP contribution in [0.3, 0.4) is 0 Å². The second-order valence-corrected chi connectivity index (χ2v) is 5.19. The molecule has 0 fully saturated rings. The molecule has 1 heterocycles. The Morgan fingerprint density at radius 2 is 2.00 bits per heavy atom. The van der Waals surface area contributed by atoms with Crippen LogP contribution in [-0.2, 0) is 0 Å². The minimum Gasteiger partial charge on any atom is -0.304 e. The second kappa shape index (κ2) is 5.10. The topological polar surface area (TPSA) is 12.0 Å². The van der Waals surface area contributed by atoms with E-state index in [0.717, 1.165) is 4.88 Å². The molecule has 17 heavy (non-hydrogen) atoms. The summed E-state index contributed by atoms with van der Waals surface area (Å²) in [6.07, 6.45) is -2.30. The standard InChI is InChI=1S/C13H15F2NS/c1-8-10-5-3-4-6-11(10)17-13(8)9(2)16-7-12(14)15/h3-6,9,12,16H,7H2,1-2H3. The fraction of sp³-hybridized carbons (Fsp3) is 0.385. The molecule has 1 atom stereocenters. The van der Waals surface area contributed by atoms with Crippen molar-refractivity contribution in [3.8, 4) is 0 Å². The third-order valence-corrected chi connectivity index (χ3v) is 4.31. The third kappa shape index (κ3) is 2.64. The first kappa shape index (κ1) is 12.5. The van der Waals surface area contributed by atoms with Gasteiger partial charge in [-0.1, -0.05) is 18.2 Å². The Morgan fingerprint density at radius 3 is 2.65 bits per heavy atom. The Labute approximate surface area is 103 Å². The van der Waals surface area contributed by atoms with Crippen LogP contribution in [0.1, 0.15) is 23.4 Å². The number of hydrogen-bond donors (Lipinski definition) is 1. The Balaban J connectivity index is 2.26. The first-order valence-corrected chi connectivity index (χ1v) is 6.41. The summed E-state index contributed by atoms with van der Waals surface area (Å²) in [6.45, 7) is 3.73. The minimum atomic E-state index is -2.30. The van der Waals surface area contributed by atoms with Crippen molar-refractivity contribution in [3.63, 3.8) is 0 Å². The highest BCUT2D eigenvalue weighted by atomic mass is 32.1. The number of thiophene rings is 1. The molecule has 0 aliphatic rings. The van der Waals surface area contributed by atoms with E-state index in [1.165, 1.54) is 15.6 Å². The summed E-state index contributed by atoms with van der Waals surface area (Å²) >= 11 is 1.68. The minimum absolute atomic E-state index is 0.0265. The van der Waals surface area contributed by atoms with Crippen LogP contribution in [0.2, 0.25) is 0 Å². The number of benzene rings is 1. The van der Waals surface area contributed by atoms with Crippen molar-refractivity contribution in [1.82, 2.24) is 5.32 Å². The second-order valence-electron chi connectivity index (χ2n) is 4.11. The summed E-state index contributed by atoms with van der Waals surface area (Å²) in [6, 6.07) is 8.12. The zero-order chi connectivity index (χ0) is 12.4. The van der Waals surface area contributed by atoms with Crippen molar-refractivity contribution in [2.45, 2.75) is 26.3 Å². The normalized spacial score (nSPS) is 13.5. The summed E-state index contributed by atoms with van der Waals surface area (Å²) in [7, 11) is 0. The molecule has 92 valence electrons. The van der Waals surface area contributed by atoms with Crippen LogP contribution < -0.4 is 5.32 Å². The molecule has 0 aliphatic carbocycles. The average Bonchev–Trinajstić information content (AvgIpc) is 2.64. The van der Waals surface area contributed by atoms with Crippen molar-refractivity contribution >= 4 is 21.4 Å². The smallest absolute Gasteiger partial charge is 0.250 e. The molecule has 2 aromatic rings. The first-order valence-electron chi connectivity index (χ1n) is 5.59. The number of hydrogen-bond acceptors (Lipinski definition) is 2. The maximum atomic E-state index is 12.2. The van der Waals surface area contributed by atoms with E-state index in [1.54, 1.807) is 11.3 Å². The quantitative estimate of drug-likeness (QED) is 0.866. The summed E-state index contributed by atoms with van der Waals surface area (Å²) < 4.78 is 25.5. The zero-order valence-electron chi connectivity index (χ0n) is 9.84. The van der Waals surface area contributed by atoms with Crippen LogP contribution in [-0.4, -0.2) is 13.0 Å². The Morgan fingerprint density at radius 1 is 1.29 bits per heavy atom. The monoisotopic (exact) mass is 255 g/mol. The van der Waals surface area contributed by atoms with Gasteiger partial charge in [-0.3, -0.25) is 0 Å². The Hall–Kier alpha value is -1.00. The van der Waals surface area contributed by atoms with Gasteiger partial charge in [-0.2, -0.15) is 0 Å². The van der Waals surface area contributed by atoms with E-state index in [1.807, 2.05) is 19.1 Å². The molecule has 1 aromatic heterocycles. The number of fused-ring (bicyclic) bond motifs is 1. The van der Waals surface area contributed by atoms with Gasteiger partial charge in [0.05, 0.1) is 6.54 Å². The van der Waals surface area contributed by atoms with Crippen LogP contribution in [0.5, 0.6) is 0 Å². The van der Waals surface area contributed by atoms with E-state index in [4.69, 9.17) is 0 Å². The van der Waals surface area contributed by atoms with E-state index < -0.39 is 6.43 Å². The molecule has 0 spiro atoms. The number of alkyl halides is 2. The lowest BCUT2D eigenvalue weighted by Crippen LogP contribution is -2.24. The van der Waals surface area contributed by atoms with Gasteiger partial charge in [0.1, 0.15) is 0 Å². The predicted octanol–water partition coefficient (Wildman–Crippen LogP) is 4.13. The molecule has 1 N–H and O–H groups in total. The maximum Gasteiger partial charge on any atom is 0.250 e. The van der Waals surface area contributed by atoms with Crippen LogP contribution >= 0.6 is 11.3 Å². The van der Waals surface area contributed by atoms with E-state index in [2.05, 4.69) is 24.4 Å². The van der Waals surface area contributed by atoms with Gasteiger partial charge >= 0.3 is 0 Å². The van der Waals surface area contributed by atoms with Gasteiger partial charge in [0.15, 0.2) is 0 Å². The van der Waals surface area contributed by atoms with Gasteiger partial charge in [-0.05, 0) is 30.9 Å². The van der Waals surface area contributed by atoms with Crippen LogP contribution in [0.4, 0.5) is 8.78 Å². The SMILES string of the molecule is Cc1c(C(C)NCC(F)F)sc2ccccc12. The van der Waals surface area contributed by atoms with Crippen LogP contribution in [0.15, 0.2) is 24.3 Å². The molecule has 0 saturated carbocycles. The molecule has 1 aromatic carbocycles. The van der Waals surface area contributed by atoms with Gasteiger partial charge in [-0.15, -0.1) is 11.3 Å². The molecule has 0 bridgehead atoms. The van der Waals surface area contributed by atoms with Crippen molar-refractivity contribution in [2.24, 2.45) is 0 Å². The van der Waals surface area contributed by atoms with Gasteiger partial charge in [0.2, 0.25) is 0 Å². The van der Waals surface area contributed by atoms with Gasteiger partial charge < -0.3 is 5.32 Å². The molecule has 0 radical (unpaired) electrons. The number of aryl methyl sites for hydroxylation is 1. The third-order valence-electron chi connectivity index (χ3n) is 2.85. The lowest BCUT2D eigenvalue weighted by atomic mass is 10.1. The lowest BCUT2D eigenvalue weighted by Gasteiger charge is -2.12. The highest BCUT2D eigenvalue weighted by Gasteiger charge is 2.15. The number of rotatable bonds is 4. The van der Waals surface area contributed by atoms with Crippen molar-refractivity contribution < 1.29 is 8.78 Å². The zero-order valence-corrected chi connectivity index (χ0v) is 10.7. The van der Waals surface area contributed by atoms with Gasteiger partial charge in [-0.25, -0.2) is 8.78 Å².